The number of rotatable bonds is 9. The van der Waals surface area contributed by atoms with Gasteiger partial charge in [-0.3, -0.25) is 4.79 Å². The van der Waals surface area contributed by atoms with E-state index in [1.54, 1.807) is 0 Å². The Labute approximate surface area is 182 Å². The summed E-state index contributed by atoms with van der Waals surface area (Å²) in [5, 5.41) is 15.5. The Bertz CT molecular complexity index is 920. The second kappa shape index (κ2) is 9.47. The van der Waals surface area contributed by atoms with Crippen LogP contribution in [-0.4, -0.2) is 69.7 Å². The molecule has 0 radical (unpaired) electrons. The molecule has 4 rings (SSSR count). The number of likely N-dealkylation sites (tertiary alicyclic amines) is 1. The van der Waals surface area contributed by atoms with E-state index in [0.29, 0.717) is 36.7 Å². The third-order valence-corrected chi connectivity index (χ3v) is 5.67. The average Bonchev–Trinajstić information content (AvgIpc) is 3.33. The Morgan fingerprint density at radius 3 is 2.74 bits per heavy atom. The van der Waals surface area contributed by atoms with Gasteiger partial charge >= 0.3 is 0 Å². The molecule has 0 saturated carbocycles. The number of amides is 1. The van der Waals surface area contributed by atoms with Crippen LogP contribution in [0.25, 0.3) is 0 Å². The van der Waals surface area contributed by atoms with E-state index in [9.17, 15) is 4.79 Å². The minimum Gasteiger partial charge on any atom is -0.395 e. The standard InChI is InChI=1S/C22H31N7O2/c1-15(2)24-21-25-20(23-10-13-30)26-22(27-21)29-14-16(17-6-3-4-7-18(17)29)9-12-28-11-5-8-19(28)31/h3-4,6-7,15-16,30H,5,8-14H2,1-2H3,(H2,23,24,25,26,27). The highest BCUT2D eigenvalue weighted by Crippen LogP contribution is 2.41. The molecule has 1 saturated heterocycles. The molecular weight excluding hydrogens is 394 g/mol. The highest BCUT2D eigenvalue weighted by molar-refractivity contribution is 5.78. The van der Waals surface area contributed by atoms with Crippen LogP contribution in [0.2, 0.25) is 0 Å². The fourth-order valence-corrected chi connectivity index (χ4v) is 4.24. The summed E-state index contributed by atoms with van der Waals surface area (Å²) < 4.78 is 0. The maximum absolute atomic E-state index is 12.0. The van der Waals surface area contributed by atoms with Crippen LogP contribution in [0.4, 0.5) is 23.5 Å². The summed E-state index contributed by atoms with van der Waals surface area (Å²) >= 11 is 0. The van der Waals surface area contributed by atoms with Gasteiger partial charge in [0.2, 0.25) is 23.8 Å². The van der Waals surface area contributed by atoms with Crippen LogP contribution in [0.15, 0.2) is 24.3 Å². The number of benzene rings is 1. The van der Waals surface area contributed by atoms with E-state index in [-0.39, 0.29) is 18.6 Å². The van der Waals surface area contributed by atoms with Crippen molar-refractivity contribution in [2.75, 3.05) is 48.3 Å². The van der Waals surface area contributed by atoms with Gasteiger partial charge in [0.1, 0.15) is 0 Å². The van der Waals surface area contributed by atoms with Crippen LogP contribution in [0.1, 0.15) is 44.6 Å². The molecule has 1 amide bonds. The predicted molar refractivity (Wildman–Crippen MR) is 121 cm³/mol. The van der Waals surface area contributed by atoms with Gasteiger partial charge in [0, 0.05) is 50.2 Å². The Morgan fingerprint density at radius 2 is 2.00 bits per heavy atom. The summed E-state index contributed by atoms with van der Waals surface area (Å²) in [4.78, 5) is 29.8. The quantitative estimate of drug-likeness (QED) is 0.562. The van der Waals surface area contributed by atoms with Gasteiger partial charge in [-0.2, -0.15) is 15.0 Å². The SMILES string of the molecule is CC(C)Nc1nc(NCCO)nc(N2CC(CCN3CCCC3=O)c3ccccc32)n1. The van der Waals surface area contributed by atoms with E-state index in [4.69, 9.17) is 5.11 Å². The summed E-state index contributed by atoms with van der Waals surface area (Å²) in [5.74, 6) is 2.09. The zero-order valence-corrected chi connectivity index (χ0v) is 18.2. The Hall–Kier alpha value is -2.94. The fraction of sp³-hybridized carbons (Fsp3) is 0.545. The summed E-state index contributed by atoms with van der Waals surface area (Å²) in [7, 11) is 0. The first-order valence-electron chi connectivity index (χ1n) is 11.1. The molecule has 1 fully saturated rings. The Balaban J connectivity index is 1.59. The van der Waals surface area contributed by atoms with E-state index in [2.05, 4.69) is 48.7 Å². The number of fused-ring (bicyclic) bond motifs is 1. The van der Waals surface area contributed by atoms with Crippen molar-refractivity contribution >= 4 is 29.4 Å². The third-order valence-electron chi connectivity index (χ3n) is 5.67. The molecule has 3 N–H and O–H groups in total. The number of carbonyl (C=O) groups is 1. The number of hydrogen-bond donors (Lipinski definition) is 3. The molecular formula is C22H31N7O2. The molecule has 1 unspecified atom stereocenters. The highest BCUT2D eigenvalue weighted by atomic mass is 16.3. The van der Waals surface area contributed by atoms with E-state index >= 15 is 0 Å². The monoisotopic (exact) mass is 425 g/mol. The zero-order valence-electron chi connectivity index (χ0n) is 18.2. The normalized spacial score (nSPS) is 18.1. The van der Waals surface area contributed by atoms with Gasteiger partial charge in [-0.1, -0.05) is 18.2 Å². The molecule has 0 aliphatic carbocycles. The minimum atomic E-state index is -0.00218. The second-order valence-corrected chi connectivity index (χ2v) is 8.37. The molecule has 0 bridgehead atoms. The molecule has 3 heterocycles. The number of anilines is 4. The van der Waals surface area contributed by atoms with Crippen molar-refractivity contribution in [3.05, 3.63) is 29.8 Å². The van der Waals surface area contributed by atoms with Gasteiger partial charge in [-0.05, 0) is 38.3 Å². The van der Waals surface area contributed by atoms with Gasteiger partial charge < -0.3 is 25.5 Å². The Morgan fingerprint density at radius 1 is 1.19 bits per heavy atom. The first-order chi connectivity index (χ1) is 15.0. The van der Waals surface area contributed by atoms with Gasteiger partial charge in [0.15, 0.2) is 0 Å². The molecule has 2 aliphatic heterocycles. The van der Waals surface area contributed by atoms with Crippen LogP contribution < -0.4 is 15.5 Å². The molecule has 9 heteroatoms. The first kappa shape index (κ1) is 21.3. The second-order valence-electron chi connectivity index (χ2n) is 8.37. The van der Waals surface area contributed by atoms with E-state index in [1.165, 1.54) is 5.56 Å². The van der Waals surface area contributed by atoms with E-state index in [1.807, 2.05) is 24.8 Å². The fourth-order valence-electron chi connectivity index (χ4n) is 4.24. The molecule has 166 valence electrons. The molecule has 2 aliphatic rings. The number of hydrogen-bond acceptors (Lipinski definition) is 8. The van der Waals surface area contributed by atoms with Crippen molar-refractivity contribution in [1.82, 2.24) is 19.9 Å². The van der Waals surface area contributed by atoms with E-state index < -0.39 is 0 Å². The summed E-state index contributed by atoms with van der Waals surface area (Å²) in [5.41, 5.74) is 2.35. The van der Waals surface area contributed by atoms with Gasteiger partial charge in [-0.15, -0.1) is 0 Å². The number of nitrogens with zero attached hydrogens (tertiary/aromatic N) is 5. The number of para-hydroxylation sites is 1. The van der Waals surface area contributed by atoms with Crippen LogP contribution in [0, 0.1) is 0 Å². The molecule has 2 aromatic rings. The predicted octanol–water partition coefficient (Wildman–Crippen LogP) is 2.34. The lowest BCUT2D eigenvalue weighted by molar-refractivity contribution is -0.127. The van der Waals surface area contributed by atoms with Crippen LogP contribution in [0.5, 0.6) is 0 Å². The Kier molecular flexibility index (Phi) is 6.50. The number of aromatic nitrogens is 3. The topological polar surface area (TPSA) is 107 Å². The van der Waals surface area contributed by atoms with Crippen molar-refractivity contribution in [2.45, 2.75) is 45.1 Å². The maximum Gasteiger partial charge on any atom is 0.236 e. The van der Waals surface area contributed by atoms with Crippen molar-refractivity contribution in [1.29, 1.82) is 0 Å². The lowest BCUT2D eigenvalue weighted by Gasteiger charge is -2.21. The van der Waals surface area contributed by atoms with Gasteiger partial charge in [-0.25, -0.2) is 0 Å². The van der Waals surface area contributed by atoms with Crippen molar-refractivity contribution in [2.24, 2.45) is 0 Å². The number of nitrogens with one attached hydrogen (secondary N) is 2. The van der Waals surface area contributed by atoms with E-state index in [0.717, 1.165) is 38.2 Å². The van der Waals surface area contributed by atoms with Crippen LogP contribution in [-0.2, 0) is 4.79 Å². The maximum atomic E-state index is 12.0. The lowest BCUT2D eigenvalue weighted by Crippen LogP contribution is -2.28. The third kappa shape index (κ3) is 4.87. The lowest BCUT2D eigenvalue weighted by atomic mass is 9.98. The van der Waals surface area contributed by atoms with Crippen molar-refractivity contribution < 1.29 is 9.90 Å². The van der Waals surface area contributed by atoms with Crippen LogP contribution in [0.3, 0.4) is 0 Å². The molecule has 9 nitrogen and oxygen atoms in total. The molecule has 1 atom stereocenters. The zero-order chi connectivity index (χ0) is 21.8. The number of carbonyl (C=O) groups excluding carboxylic acids is 1. The summed E-state index contributed by atoms with van der Waals surface area (Å²) in [6.07, 6.45) is 2.55. The summed E-state index contributed by atoms with van der Waals surface area (Å²) in [6.45, 7) is 6.84. The average molecular weight is 426 g/mol. The molecule has 0 spiro atoms. The number of aliphatic hydroxyl groups is 1. The van der Waals surface area contributed by atoms with Gasteiger partial charge in [0.05, 0.1) is 6.61 Å². The minimum absolute atomic E-state index is 0.00218. The molecule has 1 aromatic carbocycles. The van der Waals surface area contributed by atoms with Crippen molar-refractivity contribution in [3.8, 4) is 0 Å². The van der Waals surface area contributed by atoms with Crippen molar-refractivity contribution in [3.63, 3.8) is 0 Å². The smallest absolute Gasteiger partial charge is 0.236 e. The van der Waals surface area contributed by atoms with Gasteiger partial charge in [0.25, 0.3) is 0 Å². The first-order valence-corrected chi connectivity index (χ1v) is 11.1. The number of aliphatic hydroxyl groups excluding tert-OH is 1. The molecule has 1 aromatic heterocycles. The largest absolute Gasteiger partial charge is 0.395 e. The summed E-state index contributed by atoms with van der Waals surface area (Å²) in [6, 6.07) is 8.51. The van der Waals surface area contributed by atoms with Crippen LogP contribution >= 0.6 is 0 Å². The molecule has 31 heavy (non-hydrogen) atoms. The highest BCUT2D eigenvalue weighted by Gasteiger charge is 2.32.